The van der Waals surface area contributed by atoms with E-state index in [1.807, 2.05) is 12.1 Å². The molecule has 1 aliphatic rings. The molecule has 1 fully saturated rings. The zero-order chi connectivity index (χ0) is 10.2. The highest BCUT2D eigenvalue weighted by molar-refractivity contribution is 6.50. The van der Waals surface area contributed by atoms with Gasteiger partial charge in [0.2, 0.25) is 0 Å². The molecule has 0 amide bonds. The quantitative estimate of drug-likeness (QED) is 0.642. The number of ether oxygens (including phenoxy) is 1. The van der Waals surface area contributed by atoms with Crippen LogP contribution in [0.4, 0.5) is 5.69 Å². The van der Waals surface area contributed by atoms with Crippen molar-refractivity contribution < 1.29 is 4.74 Å². The Morgan fingerprint density at radius 2 is 1.93 bits per heavy atom. The molecule has 14 heavy (non-hydrogen) atoms. The number of rotatable bonds is 3. The fourth-order valence-electron chi connectivity index (χ4n) is 1.21. The number of nitrogens with two attached hydrogens (primary N) is 1. The van der Waals surface area contributed by atoms with Gasteiger partial charge in [-0.1, -0.05) is 0 Å². The second-order valence-corrected chi connectivity index (χ2v) is 5.08. The highest BCUT2D eigenvalue weighted by Gasteiger charge is 2.52. The van der Waals surface area contributed by atoms with Gasteiger partial charge in [-0.15, -0.1) is 23.2 Å². The average molecular weight is 232 g/mol. The molecule has 2 nitrogen and oxygen atoms in total. The topological polar surface area (TPSA) is 35.2 Å². The number of alkyl halides is 2. The largest absolute Gasteiger partial charge is 0.493 e. The minimum atomic E-state index is -0.562. The third-order valence-corrected chi connectivity index (χ3v) is 3.21. The van der Waals surface area contributed by atoms with E-state index in [0.717, 1.165) is 17.9 Å². The van der Waals surface area contributed by atoms with E-state index in [2.05, 4.69) is 0 Å². The highest BCUT2D eigenvalue weighted by Crippen LogP contribution is 2.53. The Bertz CT molecular complexity index is 323. The van der Waals surface area contributed by atoms with Gasteiger partial charge in [0.1, 0.15) is 10.1 Å². The Morgan fingerprint density at radius 1 is 1.36 bits per heavy atom. The van der Waals surface area contributed by atoms with Gasteiger partial charge < -0.3 is 10.5 Å². The Hall–Kier alpha value is -0.600. The van der Waals surface area contributed by atoms with Gasteiger partial charge in [0, 0.05) is 11.6 Å². The van der Waals surface area contributed by atoms with E-state index in [4.69, 9.17) is 33.7 Å². The van der Waals surface area contributed by atoms with E-state index in [9.17, 15) is 0 Å². The highest BCUT2D eigenvalue weighted by atomic mass is 35.5. The molecule has 1 aromatic carbocycles. The summed E-state index contributed by atoms with van der Waals surface area (Å²) in [7, 11) is 0. The van der Waals surface area contributed by atoms with Crippen molar-refractivity contribution >= 4 is 28.9 Å². The maximum Gasteiger partial charge on any atom is 0.125 e. The first-order chi connectivity index (χ1) is 6.58. The molecule has 0 saturated heterocycles. The van der Waals surface area contributed by atoms with E-state index in [1.165, 1.54) is 0 Å². The second kappa shape index (κ2) is 3.52. The van der Waals surface area contributed by atoms with Gasteiger partial charge >= 0.3 is 0 Å². The summed E-state index contributed by atoms with van der Waals surface area (Å²) in [4.78, 5) is 0. The molecule has 1 aromatic rings. The molecule has 1 atom stereocenters. The molecule has 4 heteroatoms. The minimum absolute atomic E-state index is 0.253. The molecule has 2 rings (SSSR count). The van der Waals surface area contributed by atoms with Crippen LogP contribution >= 0.6 is 23.2 Å². The van der Waals surface area contributed by atoms with Crippen LogP contribution in [0.1, 0.15) is 6.42 Å². The van der Waals surface area contributed by atoms with Crippen LogP contribution in [-0.4, -0.2) is 10.9 Å². The smallest absolute Gasteiger partial charge is 0.125 e. The van der Waals surface area contributed by atoms with Crippen molar-refractivity contribution in [1.29, 1.82) is 0 Å². The second-order valence-electron chi connectivity index (χ2n) is 3.54. The van der Waals surface area contributed by atoms with Gasteiger partial charge in [-0.25, -0.2) is 0 Å². The predicted molar refractivity (Wildman–Crippen MR) is 58.9 cm³/mol. The lowest BCUT2D eigenvalue weighted by atomic mass is 10.3. The summed E-state index contributed by atoms with van der Waals surface area (Å²) in [6.45, 7) is 0.566. The van der Waals surface area contributed by atoms with Crippen molar-refractivity contribution in [2.24, 2.45) is 5.92 Å². The molecule has 2 N–H and O–H groups in total. The summed E-state index contributed by atoms with van der Waals surface area (Å²) in [5.41, 5.74) is 6.27. The number of hydrogen-bond donors (Lipinski definition) is 1. The molecule has 0 aromatic heterocycles. The van der Waals surface area contributed by atoms with Crippen molar-refractivity contribution in [2.45, 2.75) is 10.8 Å². The summed E-state index contributed by atoms with van der Waals surface area (Å²) in [5, 5.41) is 0. The van der Waals surface area contributed by atoms with Crippen LogP contribution in [0, 0.1) is 5.92 Å². The van der Waals surface area contributed by atoms with Crippen LogP contribution in [0.15, 0.2) is 24.3 Å². The van der Waals surface area contributed by atoms with Gasteiger partial charge in [0.25, 0.3) is 0 Å². The predicted octanol–water partition coefficient (Wildman–Crippen LogP) is 2.84. The van der Waals surface area contributed by atoms with Crippen molar-refractivity contribution in [2.75, 3.05) is 12.3 Å². The summed E-state index contributed by atoms with van der Waals surface area (Å²) >= 11 is 11.7. The number of halogens is 2. The Balaban J connectivity index is 1.84. The van der Waals surface area contributed by atoms with E-state index >= 15 is 0 Å². The number of anilines is 1. The normalized spacial score (nSPS) is 23.1. The Labute approximate surface area is 92.9 Å². The van der Waals surface area contributed by atoms with Gasteiger partial charge in [-0.05, 0) is 30.7 Å². The monoisotopic (exact) mass is 231 g/mol. The zero-order valence-electron chi connectivity index (χ0n) is 7.54. The van der Waals surface area contributed by atoms with Crippen molar-refractivity contribution in [3.05, 3.63) is 24.3 Å². The maximum absolute atomic E-state index is 5.86. The van der Waals surface area contributed by atoms with E-state index in [0.29, 0.717) is 6.61 Å². The molecule has 1 aliphatic carbocycles. The lowest BCUT2D eigenvalue weighted by Crippen LogP contribution is -2.04. The first-order valence-electron chi connectivity index (χ1n) is 4.44. The lowest BCUT2D eigenvalue weighted by molar-refractivity contribution is 0.298. The maximum atomic E-state index is 5.86. The average Bonchev–Trinajstić information content (AvgIpc) is 2.73. The van der Waals surface area contributed by atoms with Crippen LogP contribution in [0.3, 0.4) is 0 Å². The molecule has 1 saturated carbocycles. The molecule has 1 unspecified atom stereocenters. The fraction of sp³-hybridized carbons (Fsp3) is 0.400. The first kappa shape index (κ1) is 9.94. The molecule has 0 spiro atoms. The summed E-state index contributed by atoms with van der Waals surface area (Å²) < 4.78 is 4.93. The minimum Gasteiger partial charge on any atom is -0.493 e. The Kier molecular flexibility index (Phi) is 2.50. The molecular weight excluding hydrogens is 221 g/mol. The molecule has 0 heterocycles. The summed E-state index contributed by atoms with van der Waals surface area (Å²) in [6, 6.07) is 7.28. The van der Waals surface area contributed by atoms with Crippen LogP contribution in [0.25, 0.3) is 0 Å². The van der Waals surface area contributed by atoms with Crippen molar-refractivity contribution in [3.8, 4) is 5.75 Å². The molecule has 0 aliphatic heterocycles. The Morgan fingerprint density at radius 3 is 2.43 bits per heavy atom. The van der Waals surface area contributed by atoms with Crippen LogP contribution in [0.2, 0.25) is 0 Å². The molecule has 0 radical (unpaired) electrons. The van der Waals surface area contributed by atoms with Gasteiger partial charge in [-0.2, -0.15) is 0 Å². The standard InChI is InChI=1S/C10H11Cl2NO/c11-10(12)5-7(10)6-14-9-3-1-8(13)2-4-9/h1-4,7H,5-6,13H2. The van der Waals surface area contributed by atoms with Gasteiger partial charge in [0.15, 0.2) is 0 Å². The summed E-state index contributed by atoms with van der Waals surface area (Å²) in [5.74, 6) is 1.05. The first-order valence-corrected chi connectivity index (χ1v) is 5.20. The third kappa shape index (κ3) is 2.25. The number of hydrogen-bond acceptors (Lipinski definition) is 2. The van der Waals surface area contributed by atoms with Crippen molar-refractivity contribution in [1.82, 2.24) is 0 Å². The third-order valence-electron chi connectivity index (χ3n) is 2.29. The lowest BCUT2D eigenvalue weighted by Gasteiger charge is -2.05. The number of benzene rings is 1. The van der Waals surface area contributed by atoms with Crippen LogP contribution in [-0.2, 0) is 0 Å². The van der Waals surface area contributed by atoms with E-state index < -0.39 is 4.33 Å². The van der Waals surface area contributed by atoms with Crippen LogP contribution in [0.5, 0.6) is 5.75 Å². The SMILES string of the molecule is Nc1ccc(OCC2CC2(Cl)Cl)cc1. The zero-order valence-corrected chi connectivity index (χ0v) is 9.05. The van der Waals surface area contributed by atoms with Gasteiger partial charge in [0.05, 0.1) is 6.61 Å². The van der Waals surface area contributed by atoms with E-state index in [-0.39, 0.29) is 5.92 Å². The van der Waals surface area contributed by atoms with Crippen LogP contribution < -0.4 is 10.5 Å². The van der Waals surface area contributed by atoms with E-state index in [1.54, 1.807) is 12.1 Å². The fourth-order valence-corrected chi connectivity index (χ4v) is 1.71. The van der Waals surface area contributed by atoms with Crippen molar-refractivity contribution in [3.63, 3.8) is 0 Å². The molecular formula is C10H11Cl2NO. The number of nitrogen functional groups attached to an aromatic ring is 1. The molecule has 0 bridgehead atoms. The molecule has 76 valence electrons. The van der Waals surface area contributed by atoms with Gasteiger partial charge in [-0.3, -0.25) is 0 Å². The summed E-state index contributed by atoms with van der Waals surface area (Å²) in [6.07, 6.45) is 0.811.